The molecule has 0 aromatic heterocycles. The third-order valence-corrected chi connectivity index (χ3v) is 3.00. The van der Waals surface area contributed by atoms with E-state index in [0.29, 0.717) is 11.7 Å². The van der Waals surface area contributed by atoms with Crippen LogP contribution >= 0.6 is 0 Å². The summed E-state index contributed by atoms with van der Waals surface area (Å²) in [7, 11) is 1.58. The zero-order chi connectivity index (χ0) is 13.9. The molecule has 1 N–H and O–H groups in total. The Balaban J connectivity index is 3.26. The smallest absolute Gasteiger partial charge is 0.160 e. The van der Waals surface area contributed by atoms with Gasteiger partial charge in [-0.2, -0.15) is 0 Å². The Morgan fingerprint density at radius 3 is 2.33 bits per heavy atom. The summed E-state index contributed by atoms with van der Waals surface area (Å²) >= 11 is 0. The highest BCUT2D eigenvalue weighted by atomic mass is 16.5. The van der Waals surface area contributed by atoms with Gasteiger partial charge >= 0.3 is 0 Å². The van der Waals surface area contributed by atoms with E-state index in [2.05, 4.69) is 40.7 Å². The van der Waals surface area contributed by atoms with Crippen LogP contribution in [0.4, 0.5) is 0 Å². The summed E-state index contributed by atoms with van der Waals surface area (Å²) in [6.07, 6.45) is 2.27. The van der Waals surface area contributed by atoms with Gasteiger partial charge in [0.15, 0.2) is 11.5 Å². The molecule has 1 atom stereocenters. The van der Waals surface area contributed by atoms with E-state index in [1.54, 1.807) is 13.2 Å². The van der Waals surface area contributed by atoms with Crippen molar-refractivity contribution in [3.63, 3.8) is 0 Å². The topological polar surface area (TPSA) is 29.5 Å². The number of hydrogen-bond donors (Lipinski definition) is 1. The molecule has 2 nitrogen and oxygen atoms in total. The molecule has 0 saturated carbocycles. The maximum Gasteiger partial charge on any atom is 0.160 e. The highest BCUT2D eigenvalue weighted by molar-refractivity contribution is 5.44. The van der Waals surface area contributed by atoms with Crippen LogP contribution in [0.3, 0.4) is 0 Å². The van der Waals surface area contributed by atoms with Gasteiger partial charge in [-0.05, 0) is 37.0 Å². The van der Waals surface area contributed by atoms with Crippen LogP contribution in [-0.4, -0.2) is 12.2 Å². The zero-order valence-electron chi connectivity index (χ0n) is 12.2. The second-order valence-electron chi connectivity index (χ2n) is 6.02. The number of ether oxygens (including phenoxy) is 1. The molecule has 18 heavy (non-hydrogen) atoms. The van der Waals surface area contributed by atoms with Crippen molar-refractivity contribution in [2.75, 3.05) is 7.11 Å². The van der Waals surface area contributed by atoms with E-state index in [1.807, 2.05) is 12.1 Å². The van der Waals surface area contributed by atoms with E-state index in [-0.39, 0.29) is 11.2 Å². The molecular weight excluding hydrogens is 224 g/mol. The Labute approximate surface area is 110 Å². The fourth-order valence-corrected chi connectivity index (χ4v) is 2.07. The minimum Gasteiger partial charge on any atom is -0.504 e. The molecule has 0 aliphatic heterocycles. The third-order valence-electron chi connectivity index (χ3n) is 3.00. The van der Waals surface area contributed by atoms with E-state index >= 15 is 0 Å². The van der Waals surface area contributed by atoms with Crippen LogP contribution in [0.1, 0.15) is 46.1 Å². The quantitative estimate of drug-likeness (QED) is 0.798. The number of benzene rings is 1. The van der Waals surface area contributed by atoms with Gasteiger partial charge in [0.25, 0.3) is 0 Å². The van der Waals surface area contributed by atoms with Gasteiger partial charge in [-0.15, -0.1) is 0 Å². The number of phenols is 1. The van der Waals surface area contributed by atoms with Crippen LogP contribution < -0.4 is 4.74 Å². The van der Waals surface area contributed by atoms with Crippen molar-refractivity contribution in [1.29, 1.82) is 0 Å². The van der Waals surface area contributed by atoms with Crippen molar-refractivity contribution in [3.05, 3.63) is 35.4 Å². The summed E-state index contributed by atoms with van der Waals surface area (Å²) in [6, 6.07) is 5.59. The maximum absolute atomic E-state index is 9.66. The lowest BCUT2D eigenvalue weighted by molar-refractivity contribution is 0.356. The van der Waals surface area contributed by atoms with Crippen molar-refractivity contribution < 1.29 is 9.84 Å². The first-order valence-electron chi connectivity index (χ1n) is 6.27. The second-order valence-corrected chi connectivity index (χ2v) is 6.02. The van der Waals surface area contributed by atoms with Gasteiger partial charge in [0, 0.05) is 5.92 Å². The lowest BCUT2D eigenvalue weighted by Crippen LogP contribution is -2.17. The summed E-state index contributed by atoms with van der Waals surface area (Å²) in [4.78, 5) is 0. The largest absolute Gasteiger partial charge is 0.504 e. The molecule has 0 fully saturated rings. The third kappa shape index (κ3) is 3.52. The van der Waals surface area contributed by atoms with Crippen LogP contribution in [0.25, 0.3) is 0 Å². The van der Waals surface area contributed by atoms with E-state index in [1.165, 1.54) is 11.1 Å². The average Bonchev–Trinajstić information content (AvgIpc) is 2.25. The summed E-state index contributed by atoms with van der Waals surface area (Å²) in [6.45, 7) is 10.9. The van der Waals surface area contributed by atoms with E-state index < -0.39 is 0 Å². The SMILES string of the molecule is COc1cc(C(C=C(C)C)C(C)(C)C)ccc1O. The van der Waals surface area contributed by atoms with Crippen LogP contribution in [0.2, 0.25) is 0 Å². The van der Waals surface area contributed by atoms with Gasteiger partial charge in [0.2, 0.25) is 0 Å². The van der Waals surface area contributed by atoms with E-state index in [4.69, 9.17) is 4.74 Å². The van der Waals surface area contributed by atoms with Crippen molar-refractivity contribution in [2.24, 2.45) is 5.41 Å². The first-order chi connectivity index (χ1) is 8.25. The van der Waals surface area contributed by atoms with Crippen LogP contribution in [0, 0.1) is 5.41 Å². The molecule has 0 heterocycles. The molecular formula is C16H24O2. The molecule has 0 aliphatic carbocycles. The Kier molecular flexibility index (Phi) is 4.44. The molecule has 0 bridgehead atoms. The second kappa shape index (κ2) is 5.47. The molecule has 2 heteroatoms. The predicted molar refractivity (Wildman–Crippen MR) is 76.3 cm³/mol. The van der Waals surface area contributed by atoms with Crippen molar-refractivity contribution in [3.8, 4) is 11.5 Å². The molecule has 0 amide bonds. The molecule has 0 aliphatic rings. The fraction of sp³-hybridized carbons (Fsp3) is 0.500. The molecule has 1 rings (SSSR count). The zero-order valence-corrected chi connectivity index (χ0v) is 12.2. The number of hydrogen-bond acceptors (Lipinski definition) is 2. The lowest BCUT2D eigenvalue weighted by atomic mass is 9.75. The average molecular weight is 248 g/mol. The molecule has 0 radical (unpaired) electrons. The molecule has 0 spiro atoms. The number of rotatable bonds is 3. The van der Waals surface area contributed by atoms with Gasteiger partial charge in [0.1, 0.15) is 0 Å². The summed E-state index contributed by atoms with van der Waals surface area (Å²) in [5.74, 6) is 1.02. The predicted octanol–water partition coefficient (Wildman–Crippen LogP) is 4.50. The Hall–Kier alpha value is -1.44. The molecule has 100 valence electrons. The highest BCUT2D eigenvalue weighted by Crippen LogP contribution is 2.39. The number of phenolic OH excluding ortho intramolecular Hbond substituents is 1. The van der Waals surface area contributed by atoms with Gasteiger partial charge in [-0.3, -0.25) is 0 Å². The van der Waals surface area contributed by atoms with Gasteiger partial charge in [-0.25, -0.2) is 0 Å². The highest BCUT2D eigenvalue weighted by Gasteiger charge is 2.25. The minimum absolute atomic E-state index is 0.124. The van der Waals surface area contributed by atoms with Gasteiger partial charge in [0.05, 0.1) is 7.11 Å². The standard InChI is InChI=1S/C16H24O2/c1-11(2)9-13(16(3,4)5)12-7-8-14(17)15(10-12)18-6/h7-10,13,17H,1-6H3. The van der Waals surface area contributed by atoms with E-state index in [0.717, 1.165) is 0 Å². The Bertz CT molecular complexity index is 435. The summed E-state index contributed by atoms with van der Waals surface area (Å²) < 4.78 is 5.18. The summed E-state index contributed by atoms with van der Waals surface area (Å²) in [5, 5.41) is 9.66. The molecule has 1 aromatic rings. The molecule has 0 saturated heterocycles. The van der Waals surface area contributed by atoms with Crippen LogP contribution in [-0.2, 0) is 0 Å². The first-order valence-corrected chi connectivity index (χ1v) is 6.27. The number of aromatic hydroxyl groups is 1. The van der Waals surface area contributed by atoms with Crippen molar-refractivity contribution in [2.45, 2.75) is 40.5 Å². The molecule has 1 unspecified atom stereocenters. The lowest BCUT2D eigenvalue weighted by Gasteiger charge is -2.29. The van der Waals surface area contributed by atoms with Gasteiger partial charge in [-0.1, -0.05) is 38.5 Å². The fourth-order valence-electron chi connectivity index (χ4n) is 2.07. The first kappa shape index (κ1) is 14.6. The molecule has 1 aromatic carbocycles. The van der Waals surface area contributed by atoms with Gasteiger partial charge < -0.3 is 9.84 Å². The normalized spacial score (nSPS) is 13.0. The summed E-state index contributed by atoms with van der Waals surface area (Å²) in [5.41, 5.74) is 2.58. The monoisotopic (exact) mass is 248 g/mol. The van der Waals surface area contributed by atoms with Crippen molar-refractivity contribution in [1.82, 2.24) is 0 Å². The van der Waals surface area contributed by atoms with Crippen molar-refractivity contribution >= 4 is 0 Å². The number of methoxy groups -OCH3 is 1. The minimum atomic E-state index is 0.124. The Morgan fingerprint density at radius 2 is 1.89 bits per heavy atom. The van der Waals surface area contributed by atoms with Crippen LogP contribution in [0.5, 0.6) is 11.5 Å². The number of allylic oxidation sites excluding steroid dienone is 2. The maximum atomic E-state index is 9.66. The van der Waals surface area contributed by atoms with Crippen LogP contribution in [0.15, 0.2) is 29.8 Å². The Morgan fingerprint density at radius 1 is 1.28 bits per heavy atom. The van der Waals surface area contributed by atoms with E-state index in [9.17, 15) is 5.11 Å².